The Kier molecular flexibility index (Phi) is 27.0. The van der Waals surface area contributed by atoms with Crippen molar-refractivity contribution in [3.05, 3.63) is 323 Å². The van der Waals surface area contributed by atoms with Gasteiger partial charge in [0.25, 0.3) is 0 Å². The van der Waals surface area contributed by atoms with Crippen molar-refractivity contribution in [2.45, 2.75) is 279 Å². The van der Waals surface area contributed by atoms with Gasteiger partial charge in [-0.2, -0.15) is 18.3 Å². The number of fused-ring (bicyclic) bond motifs is 5. The summed E-state index contributed by atoms with van der Waals surface area (Å²) < 4.78 is 20.0. The van der Waals surface area contributed by atoms with Crippen molar-refractivity contribution in [1.29, 1.82) is 0 Å². The van der Waals surface area contributed by atoms with Crippen LogP contribution >= 0.6 is 0 Å². The van der Waals surface area contributed by atoms with Gasteiger partial charge in [-0.25, -0.2) is 4.57 Å². The van der Waals surface area contributed by atoms with Crippen molar-refractivity contribution < 1.29 is 24.2 Å². The Balaban J connectivity index is 0.000000137. The molecule has 5 heteroatoms. The summed E-state index contributed by atoms with van der Waals surface area (Å²) in [5, 5.41) is 13.0. The summed E-state index contributed by atoms with van der Waals surface area (Å²) in [5.74, 6) is 1.50. The fraction of sp³-hybridized carbons (Fsp3) is 0.385. The average molecular weight is 1690 g/mol. The summed E-state index contributed by atoms with van der Waals surface area (Å²) in [4.78, 5) is 0. The molecule has 0 spiro atoms. The van der Waals surface area contributed by atoms with Gasteiger partial charge in [-0.15, -0.1) is 0 Å². The van der Waals surface area contributed by atoms with Gasteiger partial charge in [-0.3, -0.25) is 0 Å². The molecule has 0 aliphatic heterocycles. The number of pyridine rings is 5. The minimum Gasteiger partial charge on any atom is -0.200 e. The number of hydrogen-bond donors (Lipinski definition) is 0. The number of nitrogens with zero attached hydrogens (tertiary/aromatic N) is 5. The molecule has 5 aromatic heterocycles. The van der Waals surface area contributed by atoms with Gasteiger partial charge in [0.1, 0.15) is 36.6 Å². The monoisotopic (exact) mass is 1690 g/mol. The highest BCUT2D eigenvalue weighted by molar-refractivity contribution is 5.99. The van der Waals surface area contributed by atoms with Gasteiger partial charge in [0.05, 0.1) is 49.2 Å². The lowest BCUT2D eigenvalue weighted by Crippen LogP contribution is -2.35. The van der Waals surface area contributed by atoms with Gasteiger partial charge in [0.15, 0.2) is 28.9 Å². The zero-order valence-corrected chi connectivity index (χ0v) is 84.0. The molecule has 0 N–H and O–H groups in total. The third kappa shape index (κ3) is 20.1. The first-order valence-electron chi connectivity index (χ1n) is 47.7. The zero-order valence-electron chi connectivity index (χ0n) is 85.0. The van der Waals surface area contributed by atoms with E-state index < -0.39 is 0 Å². The standard InChI is InChI=1S/C26H34N.C25H30N.C24H28N.C24H30N.C23H28N/c1-17-10-11-21-19(14-17)12-13-27(9)24(21)22-15-20(25(3,4)5)16-23(18(22)2)26(6,7)8;1-16-10-11-23-22(12-16)14-18(3)26(5)25(23)24-15-21(13-17(2)19(24)4)20-8-6-7-9-20;1-16-9-12-22-21(13-16)14-18(3)25(4)24(22)23-15-20(11-10-17(23)2)19-7-5-6-8-19;1-15-9-10-21-19(11-15)13-17(3)25(8)23(21)22-14-20(24(5,6)7)12-16(2)18(22)4;1-15-8-11-20-18(12-15)13-17(3)24(7)22(20)21-14-19(23(4,5)6)10-9-16(21)2/h10-16H,1-9H3;10-15,20H,6-9H2,1-5H3;9-15,19H,5-8H2,1-4H3;9-14H,1-8H3;8-14H,1-7H3/q5*+1/i13D;;;;. The van der Waals surface area contributed by atoms with Crippen molar-refractivity contribution in [3.63, 3.8) is 0 Å². The predicted molar refractivity (Wildman–Crippen MR) is 546 cm³/mol. The molecule has 5 nitrogen and oxygen atoms in total. The van der Waals surface area contributed by atoms with E-state index in [2.05, 4.69) is 428 Å². The van der Waals surface area contributed by atoms with Crippen LogP contribution < -0.4 is 22.8 Å². The van der Waals surface area contributed by atoms with Crippen LogP contribution in [0.3, 0.4) is 0 Å². The summed E-state index contributed by atoms with van der Waals surface area (Å²) in [6, 6.07) is 73.5. The van der Waals surface area contributed by atoms with E-state index in [1.54, 1.807) is 5.56 Å². The normalized spacial score (nSPS) is 13.5. The van der Waals surface area contributed by atoms with E-state index in [9.17, 15) is 0 Å². The van der Waals surface area contributed by atoms with Crippen molar-refractivity contribution in [2.24, 2.45) is 35.2 Å². The molecule has 10 aromatic carbocycles. The number of benzene rings is 10. The first-order chi connectivity index (χ1) is 60.1. The largest absolute Gasteiger partial charge is 0.220 e. The maximum atomic E-state index is 8.55. The molecule has 0 bridgehead atoms. The van der Waals surface area contributed by atoms with E-state index in [1.165, 1.54) is 268 Å². The lowest BCUT2D eigenvalue weighted by atomic mass is 9.76. The molecule has 127 heavy (non-hydrogen) atoms. The second-order valence-corrected chi connectivity index (χ2v) is 42.6. The highest BCUT2D eigenvalue weighted by Crippen LogP contribution is 2.44. The van der Waals surface area contributed by atoms with Gasteiger partial charge < -0.3 is 0 Å². The van der Waals surface area contributed by atoms with Crippen LogP contribution in [0.4, 0.5) is 0 Å². The van der Waals surface area contributed by atoms with Crippen LogP contribution in [0.2, 0.25) is 0 Å². The minimum atomic E-state index is 0.0592. The molecule has 0 saturated heterocycles. The second kappa shape index (κ2) is 37.1. The highest BCUT2D eigenvalue weighted by Gasteiger charge is 2.32. The second-order valence-electron chi connectivity index (χ2n) is 42.6. The molecule has 0 amide bonds. The fourth-order valence-electron chi connectivity index (χ4n) is 19.9. The first-order valence-corrected chi connectivity index (χ1v) is 47.2. The van der Waals surface area contributed by atoms with Gasteiger partial charge in [-0.1, -0.05) is 240 Å². The Hall–Kier alpha value is -10.8. The molecule has 15 aromatic rings. The fourth-order valence-corrected chi connectivity index (χ4v) is 19.9. The third-order valence-electron chi connectivity index (χ3n) is 28.6. The Morgan fingerprint density at radius 1 is 0.252 bits per heavy atom. The van der Waals surface area contributed by atoms with Crippen LogP contribution in [0.1, 0.15) is 271 Å². The van der Waals surface area contributed by atoms with Crippen molar-refractivity contribution in [3.8, 4) is 56.3 Å². The molecule has 0 radical (unpaired) electrons. The summed E-state index contributed by atoms with van der Waals surface area (Å²) in [6.07, 6.45) is 11.5. The highest BCUT2D eigenvalue weighted by atomic mass is 15.0. The molecular formula is C122H150N5+5. The lowest BCUT2D eigenvalue weighted by Gasteiger charge is -2.28. The van der Waals surface area contributed by atoms with Gasteiger partial charge in [-0.05, 0) is 302 Å². The van der Waals surface area contributed by atoms with E-state index in [0.29, 0.717) is 6.17 Å². The number of hydrogen-bond acceptors (Lipinski definition) is 0. The predicted octanol–water partition coefficient (Wildman–Crippen LogP) is 30.1. The Morgan fingerprint density at radius 3 is 0.945 bits per heavy atom. The maximum absolute atomic E-state index is 8.55. The quantitative estimate of drug-likeness (QED) is 0.142. The topological polar surface area (TPSA) is 19.4 Å². The summed E-state index contributed by atoms with van der Waals surface area (Å²) >= 11 is 0. The molecule has 2 saturated carbocycles. The van der Waals surface area contributed by atoms with Gasteiger partial charge in [0.2, 0.25) is 28.5 Å². The van der Waals surface area contributed by atoms with E-state index in [1.807, 2.05) is 17.7 Å². The third-order valence-corrected chi connectivity index (χ3v) is 28.6. The summed E-state index contributed by atoms with van der Waals surface area (Å²) in [6.45, 7) is 62.7. The van der Waals surface area contributed by atoms with E-state index >= 15 is 0 Å². The van der Waals surface area contributed by atoms with E-state index in [0.717, 1.165) is 22.9 Å². The molecule has 17 rings (SSSR count). The summed E-state index contributed by atoms with van der Waals surface area (Å²) in [7, 11) is 10.8. The molecular weight excluding hydrogens is 1540 g/mol. The molecule has 2 fully saturated rings. The zero-order chi connectivity index (χ0) is 93.2. The van der Waals surface area contributed by atoms with Crippen molar-refractivity contribution >= 4 is 53.9 Å². The number of aryl methyl sites for hydroxylation is 13. The van der Waals surface area contributed by atoms with Gasteiger partial charge in [0, 0.05) is 63.6 Å². The van der Waals surface area contributed by atoms with Crippen LogP contribution in [0, 0.1) is 111 Å². The van der Waals surface area contributed by atoms with Crippen molar-refractivity contribution in [1.82, 2.24) is 0 Å². The maximum Gasteiger partial charge on any atom is 0.220 e. The molecule has 5 heterocycles. The smallest absolute Gasteiger partial charge is 0.200 e. The first kappa shape index (κ1) is 92.4. The van der Waals surface area contributed by atoms with Crippen molar-refractivity contribution in [2.75, 3.05) is 0 Å². The van der Waals surface area contributed by atoms with E-state index in [-0.39, 0.29) is 21.7 Å². The molecule has 2 aliphatic rings. The Labute approximate surface area is 766 Å². The van der Waals surface area contributed by atoms with Crippen LogP contribution in [0.25, 0.3) is 110 Å². The van der Waals surface area contributed by atoms with Crippen LogP contribution in [0.5, 0.6) is 0 Å². The molecule has 658 valence electrons. The Bertz CT molecular complexity index is 6800. The number of aromatic nitrogens is 5. The molecule has 0 unspecified atom stereocenters. The Morgan fingerprint density at radius 2 is 0.559 bits per heavy atom. The van der Waals surface area contributed by atoms with Crippen LogP contribution in [-0.2, 0) is 56.9 Å². The molecule has 0 atom stereocenters. The minimum absolute atomic E-state index is 0.0592. The van der Waals surface area contributed by atoms with Gasteiger partial charge >= 0.3 is 0 Å². The number of rotatable bonds is 7. The van der Waals surface area contributed by atoms with Crippen LogP contribution in [-0.4, -0.2) is 0 Å². The summed E-state index contributed by atoms with van der Waals surface area (Å²) in [5.41, 5.74) is 43.4. The lowest BCUT2D eigenvalue weighted by molar-refractivity contribution is -0.665. The van der Waals surface area contributed by atoms with Crippen LogP contribution in [0.15, 0.2) is 200 Å². The average Bonchev–Trinajstić information content (AvgIpc) is 0.803. The molecule has 2 aliphatic carbocycles. The van der Waals surface area contributed by atoms with E-state index in [4.69, 9.17) is 1.37 Å². The SMILES string of the molecule is Cc1ccc2c(-c3cc(C(C)(C)C)cc(C)c3C)[n+](C)c(C)cc2c1.Cc1ccc2c(-c3cc(C(C)(C)C)ccc3C)[n+](C)c(C)cc2c1.Cc1ccc2c(-c3cc(C4CCCC4)cc(C)c3C)[n+](C)c(C)cc2c1.Cc1ccc2c(-c3cc(C4CCCC4)ccc3C)[n+](C)c(C)cc2c1.[2H]c1cc2cc(C)ccc2c(-c2cc(C(C)(C)C)cc(C(C)(C)C)c2C)[n+]1C.